The van der Waals surface area contributed by atoms with Gasteiger partial charge in [-0.05, 0) is 17.7 Å². The van der Waals surface area contributed by atoms with Crippen LogP contribution < -0.4 is 15.2 Å². The lowest BCUT2D eigenvalue weighted by Crippen LogP contribution is -2.32. The van der Waals surface area contributed by atoms with Crippen molar-refractivity contribution in [3.63, 3.8) is 0 Å². The molecule has 0 amide bonds. The Hall–Kier alpha value is -0.970. The highest BCUT2D eigenvalue weighted by molar-refractivity contribution is 5.85. The molecule has 1 aliphatic heterocycles. The molecule has 1 aliphatic rings. The maximum Gasteiger partial charge on any atom is 0.161 e. The number of aliphatic hydroxyl groups is 1. The van der Waals surface area contributed by atoms with Crippen LogP contribution in [0, 0.1) is 5.41 Å². The summed E-state index contributed by atoms with van der Waals surface area (Å²) in [7, 11) is 0. The molecule has 1 heterocycles. The van der Waals surface area contributed by atoms with Gasteiger partial charge in [-0.3, -0.25) is 0 Å². The topological polar surface area (TPSA) is 64.7 Å². The van der Waals surface area contributed by atoms with E-state index in [0.29, 0.717) is 13.2 Å². The van der Waals surface area contributed by atoms with Crippen LogP contribution in [0.25, 0.3) is 0 Å². The number of benzene rings is 1. The van der Waals surface area contributed by atoms with Crippen molar-refractivity contribution < 1.29 is 14.6 Å². The fourth-order valence-electron chi connectivity index (χ4n) is 1.80. The predicted molar refractivity (Wildman–Crippen MR) is 72.5 cm³/mol. The zero-order chi connectivity index (χ0) is 12.5. The molecule has 18 heavy (non-hydrogen) atoms. The lowest BCUT2D eigenvalue weighted by atomic mass is 9.82. The molecule has 3 N–H and O–H groups in total. The standard InChI is InChI=1S/C13H19NO3.ClH/c1-13(2,8-15)12(14)9-3-4-10-11(7-9)17-6-5-16-10;/h3-4,7,12,15H,5-6,8,14H2,1-2H3;1H/t12-;/m1./s1. The molecular weight excluding hydrogens is 254 g/mol. The van der Waals surface area contributed by atoms with Crippen molar-refractivity contribution in [2.75, 3.05) is 19.8 Å². The van der Waals surface area contributed by atoms with Gasteiger partial charge in [-0.2, -0.15) is 0 Å². The van der Waals surface area contributed by atoms with Crippen LogP contribution in [0.1, 0.15) is 25.5 Å². The Morgan fingerprint density at radius 1 is 1.28 bits per heavy atom. The smallest absolute Gasteiger partial charge is 0.161 e. The predicted octanol–water partition coefficient (Wildman–Crippen LogP) is 1.90. The number of nitrogens with two attached hydrogens (primary N) is 1. The van der Waals surface area contributed by atoms with Gasteiger partial charge < -0.3 is 20.3 Å². The number of halogens is 1. The van der Waals surface area contributed by atoms with E-state index >= 15 is 0 Å². The van der Waals surface area contributed by atoms with Gasteiger partial charge in [0.2, 0.25) is 0 Å². The Bertz CT molecular complexity index is 409. The van der Waals surface area contributed by atoms with E-state index in [-0.39, 0.29) is 30.5 Å². The van der Waals surface area contributed by atoms with Crippen LogP contribution in [0.5, 0.6) is 11.5 Å². The van der Waals surface area contributed by atoms with Crippen molar-refractivity contribution in [1.29, 1.82) is 0 Å². The summed E-state index contributed by atoms with van der Waals surface area (Å²) in [4.78, 5) is 0. The van der Waals surface area contributed by atoms with E-state index in [1.165, 1.54) is 0 Å². The van der Waals surface area contributed by atoms with Crippen LogP contribution >= 0.6 is 12.4 Å². The van der Waals surface area contributed by atoms with Crippen LogP contribution in [-0.4, -0.2) is 24.9 Å². The molecule has 4 nitrogen and oxygen atoms in total. The molecule has 0 saturated carbocycles. The van der Waals surface area contributed by atoms with Gasteiger partial charge >= 0.3 is 0 Å². The first-order valence-electron chi connectivity index (χ1n) is 5.80. The summed E-state index contributed by atoms with van der Waals surface area (Å²) in [5.74, 6) is 1.49. The van der Waals surface area contributed by atoms with Crippen molar-refractivity contribution >= 4 is 12.4 Å². The first-order chi connectivity index (χ1) is 8.04. The fraction of sp³-hybridized carbons (Fsp3) is 0.538. The second-order valence-corrected chi connectivity index (χ2v) is 5.03. The maximum absolute atomic E-state index is 9.33. The van der Waals surface area contributed by atoms with Gasteiger partial charge in [0.05, 0.1) is 0 Å². The zero-order valence-electron chi connectivity index (χ0n) is 10.7. The van der Waals surface area contributed by atoms with Crippen molar-refractivity contribution in [1.82, 2.24) is 0 Å². The number of ether oxygens (including phenoxy) is 2. The van der Waals surface area contributed by atoms with E-state index in [4.69, 9.17) is 15.2 Å². The Labute approximate surface area is 113 Å². The minimum Gasteiger partial charge on any atom is -0.486 e. The van der Waals surface area contributed by atoms with Gasteiger partial charge in [-0.25, -0.2) is 0 Å². The van der Waals surface area contributed by atoms with Crippen LogP contribution in [0.2, 0.25) is 0 Å². The van der Waals surface area contributed by atoms with E-state index in [0.717, 1.165) is 17.1 Å². The van der Waals surface area contributed by atoms with Gasteiger partial charge in [-0.1, -0.05) is 19.9 Å². The number of hydrogen-bond acceptors (Lipinski definition) is 4. The molecule has 2 rings (SSSR count). The summed E-state index contributed by atoms with van der Waals surface area (Å²) in [6.45, 7) is 5.07. The van der Waals surface area contributed by atoms with Crippen LogP contribution in [-0.2, 0) is 0 Å². The third kappa shape index (κ3) is 2.88. The molecule has 1 aromatic rings. The quantitative estimate of drug-likeness (QED) is 0.883. The summed E-state index contributed by atoms with van der Waals surface area (Å²) in [5, 5.41) is 9.33. The highest BCUT2D eigenvalue weighted by Gasteiger charge is 2.28. The second kappa shape index (κ2) is 5.78. The van der Waals surface area contributed by atoms with Crippen molar-refractivity contribution in [2.45, 2.75) is 19.9 Å². The maximum atomic E-state index is 9.33. The van der Waals surface area contributed by atoms with E-state index in [9.17, 15) is 5.11 Å². The Morgan fingerprint density at radius 3 is 2.50 bits per heavy atom. The molecule has 5 heteroatoms. The summed E-state index contributed by atoms with van der Waals surface area (Å²) < 4.78 is 11.0. The number of fused-ring (bicyclic) bond motifs is 1. The minimum atomic E-state index is -0.357. The zero-order valence-corrected chi connectivity index (χ0v) is 11.5. The Kier molecular flexibility index (Phi) is 4.85. The summed E-state index contributed by atoms with van der Waals surface area (Å²) in [6, 6.07) is 5.46. The number of aliphatic hydroxyl groups excluding tert-OH is 1. The minimum absolute atomic E-state index is 0. The molecule has 0 radical (unpaired) electrons. The van der Waals surface area contributed by atoms with Crippen molar-refractivity contribution in [3.8, 4) is 11.5 Å². The molecule has 0 saturated heterocycles. The SMILES string of the molecule is CC(C)(CO)[C@H](N)c1ccc2c(c1)OCCO2.Cl. The Morgan fingerprint density at radius 2 is 1.89 bits per heavy atom. The van der Waals surface area contributed by atoms with Gasteiger partial charge in [0.25, 0.3) is 0 Å². The largest absolute Gasteiger partial charge is 0.486 e. The average Bonchev–Trinajstić information content (AvgIpc) is 2.37. The molecule has 0 spiro atoms. The van der Waals surface area contributed by atoms with Crippen molar-refractivity contribution in [3.05, 3.63) is 23.8 Å². The Balaban J connectivity index is 0.00000162. The monoisotopic (exact) mass is 273 g/mol. The first kappa shape index (κ1) is 15.1. The number of rotatable bonds is 3. The van der Waals surface area contributed by atoms with E-state index in [1.54, 1.807) is 0 Å². The molecule has 1 aromatic carbocycles. The normalized spacial score (nSPS) is 15.8. The molecule has 0 unspecified atom stereocenters. The fourth-order valence-corrected chi connectivity index (χ4v) is 1.80. The lowest BCUT2D eigenvalue weighted by Gasteiger charge is -2.30. The molecule has 1 atom stereocenters. The van der Waals surface area contributed by atoms with Gasteiger partial charge in [0.15, 0.2) is 11.5 Å². The molecular formula is C13H20ClNO3. The third-order valence-corrected chi connectivity index (χ3v) is 3.17. The highest BCUT2D eigenvalue weighted by atomic mass is 35.5. The highest BCUT2D eigenvalue weighted by Crippen LogP contribution is 2.36. The summed E-state index contributed by atoms with van der Waals surface area (Å²) in [5.41, 5.74) is 6.75. The molecule has 102 valence electrons. The van der Waals surface area contributed by atoms with Crippen LogP contribution in [0.15, 0.2) is 18.2 Å². The van der Waals surface area contributed by atoms with Crippen LogP contribution in [0.4, 0.5) is 0 Å². The molecule has 0 aromatic heterocycles. The summed E-state index contributed by atoms with van der Waals surface area (Å²) >= 11 is 0. The van der Waals surface area contributed by atoms with E-state index < -0.39 is 0 Å². The van der Waals surface area contributed by atoms with Gasteiger partial charge in [0.1, 0.15) is 13.2 Å². The van der Waals surface area contributed by atoms with Gasteiger partial charge in [0, 0.05) is 18.1 Å². The first-order valence-corrected chi connectivity index (χ1v) is 5.80. The van der Waals surface area contributed by atoms with Crippen LogP contribution in [0.3, 0.4) is 0 Å². The van der Waals surface area contributed by atoms with E-state index in [2.05, 4.69) is 0 Å². The molecule has 0 aliphatic carbocycles. The average molecular weight is 274 g/mol. The number of hydrogen-bond donors (Lipinski definition) is 2. The van der Waals surface area contributed by atoms with Gasteiger partial charge in [-0.15, -0.1) is 12.4 Å². The van der Waals surface area contributed by atoms with Crippen molar-refractivity contribution in [2.24, 2.45) is 11.1 Å². The second-order valence-electron chi connectivity index (χ2n) is 5.03. The molecule has 0 bridgehead atoms. The molecule has 0 fully saturated rings. The lowest BCUT2D eigenvalue weighted by molar-refractivity contribution is 0.131. The third-order valence-electron chi connectivity index (χ3n) is 3.17. The summed E-state index contributed by atoms with van der Waals surface area (Å²) in [6.07, 6.45) is 0. The van der Waals surface area contributed by atoms with E-state index in [1.807, 2.05) is 32.0 Å².